The van der Waals surface area contributed by atoms with Gasteiger partial charge in [0.25, 0.3) is 0 Å². The number of oxazole rings is 1. The van der Waals surface area contributed by atoms with Crippen molar-refractivity contribution in [1.29, 1.82) is 0 Å². The van der Waals surface area contributed by atoms with Crippen LogP contribution in [0.2, 0.25) is 0 Å². The number of rotatable bonds is 4. The van der Waals surface area contributed by atoms with E-state index >= 15 is 0 Å². The van der Waals surface area contributed by atoms with Gasteiger partial charge >= 0.3 is 0 Å². The summed E-state index contributed by atoms with van der Waals surface area (Å²) in [5, 5.41) is 2.64. The van der Waals surface area contributed by atoms with Gasteiger partial charge in [-0.05, 0) is 24.3 Å². The molecule has 1 amide bonds. The molecule has 0 aliphatic rings. The van der Waals surface area contributed by atoms with Gasteiger partial charge in [-0.25, -0.2) is 9.97 Å². The Morgan fingerprint density at radius 3 is 2.74 bits per heavy atom. The molecule has 0 aliphatic heterocycles. The van der Waals surface area contributed by atoms with Crippen LogP contribution < -0.4 is 5.32 Å². The second-order valence-corrected chi connectivity index (χ2v) is 4.95. The number of amides is 1. The number of imidazole rings is 1. The average Bonchev–Trinajstić information content (AvgIpc) is 3.23. The highest BCUT2D eigenvalue weighted by molar-refractivity contribution is 5.94. The highest BCUT2D eigenvalue weighted by Crippen LogP contribution is 2.27. The zero-order chi connectivity index (χ0) is 15.6. The van der Waals surface area contributed by atoms with Crippen LogP contribution in [-0.4, -0.2) is 21.4 Å². The van der Waals surface area contributed by atoms with Crippen molar-refractivity contribution < 1.29 is 9.21 Å². The van der Waals surface area contributed by atoms with Crippen LogP contribution in [0.4, 0.5) is 5.69 Å². The van der Waals surface area contributed by atoms with E-state index < -0.39 is 0 Å². The van der Waals surface area contributed by atoms with Crippen molar-refractivity contribution in [3.63, 3.8) is 0 Å². The maximum Gasteiger partial charge on any atom is 0.226 e. The molecule has 2 N–H and O–H groups in total. The monoisotopic (exact) mass is 304 g/mol. The number of anilines is 1. The van der Waals surface area contributed by atoms with Crippen LogP contribution in [-0.2, 0) is 4.79 Å². The van der Waals surface area contributed by atoms with E-state index in [0.29, 0.717) is 35.0 Å². The molecule has 4 rings (SSSR count). The number of aromatic amines is 1. The van der Waals surface area contributed by atoms with Crippen LogP contribution in [0.25, 0.3) is 34.0 Å². The summed E-state index contributed by atoms with van der Waals surface area (Å²) in [6, 6.07) is 15.2. The Morgan fingerprint density at radius 2 is 1.91 bits per heavy atom. The number of benzene rings is 2. The van der Waals surface area contributed by atoms with Gasteiger partial charge in [-0.1, -0.05) is 24.3 Å². The molecule has 0 aliphatic carbocycles. The molecule has 0 unspecified atom stereocenters. The summed E-state index contributed by atoms with van der Waals surface area (Å²) in [4.78, 5) is 22.8. The number of hydrogen-bond acceptors (Lipinski definition) is 4. The number of para-hydroxylation sites is 1. The number of hydrogen-bond donors (Lipinski definition) is 2. The summed E-state index contributed by atoms with van der Waals surface area (Å²) in [6.45, 7) is 0. The first-order chi connectivity index (χ1) is 11.3. The predicted molar refractivity (Wildman–Crippen MR) is 86.7 cm³/mol. The molecule has 6 heteroatoms. The number of fused-ring (bicyclic) bond motifs is 1. The Hall–Kier alpha value is -3.41. The first-order valence-corrected chi connectivity index (χ1v) is 7.05. The molecule has 23 heavy (non-hydrogen) atoms. The van der Waals surface area contributed by atoms with Crippen molar-refractivity contribution in [2.45, 2.75) is 0 Å². The van der Waals surface area contributed by atoms with Crippen molar-refractivity contribution in [2.75, 3.05) is 5.32 Å². The second-order valence-electron chi connectivity index (χ2n) is 4.95. The normalized spacial score (nSPS) is 10.8. The van der Waals surface area contributed by atoms with Gasteiger partial charge in [0.15, 0.2) is 5.82 Å². The minimum atomic E-state index is 0.535. The second kappa shape index (κ2) is 5.42. The molecule has 0 fully saturated rings. The third-order valence-corrected chi connectivity index (χ3v) is 3.49. The van der Waals surface area contributed by atoms with Gasteiger partial charge < -0.3 is 14.7 Å². The molecule has 2 aromatic heterocycles. The molecule has 4 aromatic rings. The molecule has 0 radical (unpaired) electrons. The van der Waals surface area contributed by atoms with E-state index in [1.165, 1.54) is 0 Å². The average molecular weight is 304 g/mol. The maximum atomic E-state index is 10.7. The third-order valence-electron chi connectivity index (χ3n) is 3.49. The van der Waals surface area contributed by atoms with Gasteiger partial charge in [0, 0.05) is 5.56 Å². The number of nitrogens with one attached hydrogen (secondary N) is 2. The molecule has 0 bridgehead atoms. The van der Waals surface area contributed by atoms with Crippen molar-refractivity contribution in [3.8, 4) is 23.0 Å². The summed E-state index contributed by atoms with van der Waals surface area (Å²) in [5.74, 6) is 1.12. The van der Waals surface area contributed by atoms with E-state index in [1.807, 2.05) is 42.5 Å². The van der Waals surface area contributed by atoms with E-state index in [-0.39, 0.29) is 0 Å². The smallest absolute Gasteiger partial charge is 0.226 e. The highest BCUT2D eigenvalue weighted by atomic mass is 16.3. The van der Waals surface area contributed by atoms with Crippen molar-refractivity contribution >= 4 is 23.1 Å². The quantitative estimate of drug-likeness (QED) is 0.566. The van der Waals surface area contributed by atoms with Crippen molar-refractivity contribution in [3.05, 3.63) is 54.8 Å². The number of H-pyrrole nitrogens is 1. The molecule has 0 atom stereocenters. The summed E-state index contributed by atoms with van der Waals surface area (Å²) in [6.07, 6.45) is 2.19. The van der Waals surface area contributed by atoms with Gasteiger partial charge in [0.1, 0.15) is 17.5 Å². The van der Waals surface area contributed by atoms with E-state index in [9.17, 15) is 4.79 Å². The van der Waals surface area contributed by atoms with Crippen LogP contribution in [0.3, 0.4) is 0 Å². The lowest BCUT2D eigenvalue weighted by molar-refractivity contribution is -0.105. The Bertz CT molecular complexity index is 973. The lowest BCUT2D eigenvalue weighted by Crippen LogP contribution is -1.94. The van der Waals surface area contributed by atoms with E-state index in [2.05, 4.69) is 20.3 Å². The number of nitrogens with zero attached hydrogens (tertiary/aromatic N) is 2. The summed E-state index contributed by atoms with van der Waals surface area (Å²) in [5.41, 5.74) is 3.65. The van der Waals surface area contributed by atoms with Gasteiger partial charge in [0.05, 0.1) is 11.2 Å². The van der Waals surface area contributed by atoms with Crippen LogP contribution >= 0.6 is 0 Å². The summed E-state index contributed by atoms with van der Waals surface area (Å²) >= 11 is 0. The van der Waals surface area contributed by atoms with Crippen molar-refractivity contribution in [1.82, 2.24) is 15.0 Å². The number of aromatic nitrogens is 3. The molecule has 2 aromatic carbocycles. The Labute approximate surface area is 131 Å². The van der Waals surface area contributed by atoms with Crippen LogP contribution in [0, 0.1) is 0 Å². The Balaban J connectivity index is 1.76. The third kappa shape index (κ3) is 2.36. The number of carbonyl (C=O) groups is 1. The van der Waals surface area contributed by atoms with Gasteiger partial charge in [-0.3, -0.25) is 4.79 Å². The highest BCUT2D eigenvalue weighted by Gasteiger charge is 2.13. The van der Waals surface area contributed by atoms with E-state index in [0.717, 1.165) is 11.1 Å². The van der Waals surface area contributed by atoms with Crippen LogP contribution in [0.5, 0.6) is 0 Å². The minimum absolute atomic E-state index is 0.535. The minimum Gasteiger partial charge on any atom is -0.444 e. The molecule has 0 saturated heterocycles. The fourth-order valence-corrected chi connectivity index (χ4v) is 2.43. The molecular formula is C17H12N4O2. The summed E-state index contributed by atoms with van der Waals surface area (Å²) in [7, 11) is 0. The molecular weight excluding hydrogens is 292 g/mol. The zero-order valence-electron chi connectivity index (χ0n) is 12.0. The SMILES string of the molecule is O=CNc1cccc2[nH]c(-c3coc(-c4ccccc4)n3)nc12. The fraction of sp³-hybridized carbons (Fsp3) is 0. The molecule has 0 saturated carbocycles. The zero-order valence-corrected chi connectivity index (χ0v) is 12.0. The van der Waals surface area contributed by atoms with Crippen molar-refractivity contribution in [2.24, 2.45) is 0 Å². The summed E-state index contributed by atoms with van der Waals surface area (Å²) < 4.78 is 5.54. The van der Waals surface area contributed by atoms with Gasteiger partial charge in [0.2, 0.25) is 12.3 Å². The first-order valence-electron chi connectivity index (χ1n) is 7.05. The van der Waals surface area contributed by atoms with Crippen LogP contribution in [0.1, 0.15) is 0 Å². The standard InChI is InChI=1S/C17H12N4O2/c22-10-18-12-7-4-8-13-15(12)21-16(19-13)14-9-23-17(20-14)11-5-2-1-3-6-11/h1-10H,(H,18,22)(H,19,21). The lowest BCUT2D eigenvalue weighted by Gasteiger charge is -1.97. The molecule has 0 spiro atoms. The lowest BCUT2D eigenvalue weighted by atomic mass is 10.2. The molecule has 6 nitrogen and oxygen atoms in total. The van der Waals surface area contributed by atoms with E-state index in [1.54, 1.807) is 12.3 Å². The Kier molecular flexibility index (Phi) is 3.12. The first kappa shape index (κ1) is 13.3. The molecule has 112 valence electrons. The van der Waals surface area contributed by atoms with Gasteiger partial charge in [-0.15, -0.1) is 0 Å². The maximum absolute atomic E-state index is 10.7. The Morgan fingerprint density at radius 1 is 1.04 bits per heavy atom. The van der Waals surface area contributed by atoms with E-state index in [4.69, 9.17) is 4.42 Å². The largest absolute Gasteiger partial charge is 0.444 e. The molecule has 2 heterocycles. The van der Waals surface area contributed by atoms with Gasteiger partial charge in [-0.2, -0.15) is 0 Å². The predicted octanol–water partition coefficient (Wildman–Crippen LogP) is 3.45. The fourth-order valence-electron chi connectivity index (χ4n) is 2.43. The number of carbonyl (C=O) groups excluding carboxylic acids is 1. The van der Waals surface area contributed by atoms with Crippen LogP contribution in [0.15, 0.2) is 59.2 Å². The topological polar surface area (TPSA) is 83.8 Å².